The van der Waals surface area contributed by atoms with E-state index >= 15 is 0 Å². The topological polar surface area (TPSA) is 69.9 Å². The summed E-state index contributed by atoms with van der Waals surface area (Å²) in [5, 5.41) is 14.8. The molecule has 29 heavy (non-hydrogen) atoms. The lowest BCUT2D eigenvalue weighted by Crippen LogP contribution is -2.05. The summed E-state index contributed by atoms with van der Waals surface area (Å²) in [4.78, 5) is 12.6. The highest BCUT2D eigenvalue weighted by atomic mass is 32.2. The number of carbonyl (C=O) groups excluding carboxylic acids is 1. The van der Waals surface area contributed by atoms with Crippen LogP contribution in [-0.2, 0) is 0 Å². The van der Waals surface area contributed by atoms with Gasteiger partial charge in [-0.25, -0.2) is 4.68 Å². The van der Waals surface area contributed by atoms with E-state index in [2.05, 4.69) is 15.3 Å². The van der Waals surface area contributed by atoms with Gasteiger partial charge < -0.3 is 4.74 Å². The maximum Gasteiger partial charge on any atom is 0.173 e. The lowest BCUT2D eigenvalue weighted by Gasteiger charge is -2.08. The minimum Gasteiger partial charge on any atom is -0.497 e. The van der Waals surface area contributed by atoms with Crippen LogP contribution in [0.15, 0.2) is 59.8 Å². The van der Waals surface area contributed by atoms with Crippen LogP contribution in [0, 0.1) is 13.8 Å². The Hall–Kier alpha value is -3.19. The van der Waals surface area contributed by atoms with Gasteiger partial charge in [0.15, 0.2) is 5.78 Å². The third-order valence-electron chi connectivity index (χ3n) is 4.68. The first-order valence-corrected chi connectivity index (χ1v) is 10.1. The maximum absolute atomic E-state index is 12.6. The van der Waals surface area contributed by atoms with Gasteiger partial charge in [0, 0.05) is 10.9 Å². The van der Waals surface area contributed by atoms with Crippen LogP contribution in [0.2, 0.25) is 0 Å². The number of hydrogen-bond donors (Lipinski definition) is 0. The molecule has 0 saturated carbocycles. The van der Waals surface area contributed by atoms with Gasteiger partial charge in [0.25, 0.3) is 0 Å². The van der Waals surface area contributed by atoms with Crippen molar-refractivity contribution in [3.8, 4) is 11.4 Å². The molecule has 7 heteroatoms. The number of ether oxygens (including phenoxy) is 1. The van der Waals surface area contributed by atoms with E-state index in [0.717, 1.165) is 28.0 Å². The number of rotatable bonds is 6. The molecular formula is C22H20N4O2S. The molecule has 2 aromatic heterocycles. The van der Waals surface area contributed by atoms with E-state index in [1.54, 1.807) is 37.6 Å². The Labute approximate surface area is 172 Å². The van der Waals surface area contributed by atoms with Gasteiger partial charge in [-0.1, -0.05) is 29.5 Å². The van der Waals surface area contributed by atoms with Crippen molar-refractivity contribution in [2.75, 3.05) is 12.9 Å². The first-order chi connectivity index (χ1) is 14.1. The number of carbonyl (C=O) groups is 1. The number of aryl methyl sites for hydroxylation is 2. The third-order valence-corrected chi connectivity index (χ3v) is 5.64. The molecule has 6 nitrogen and oxygen atoms in total. The fraction of sp³-hybridized carbons (Fsp3) is 0.182. The molecule has 0 amide bonds. The van der Waals surface area contributed by atoms with Crippen molar-refractivity contribution < 1.29 is 9.53 Å². The minimum atomic E-state index is 0.0228. The first-order valence-electron chi connectivity index (χ1n) is 9.15. The zero-order chi connectivity index (χ0) is 20.4. The summed E-state index contributed by atoms with van der Waals surface area (Å²) in [7, 11) is 1.60. The van der Waals surface area contributed by atoms with Crippen molar-refractivity contribution in [3.05, 3.63) is 71.5 Å². The Morgan fingerprint density at radius 1 is 1.03 bits per heavy atom. The Morgan fingerprint density at radius 3 is 2.45 bits per heavy atom. The summed E-state index contributed by atoms with van der Waals surface area (Å²) in [5.74, 6) is 1.01. The molecule has 2 aromatic carbocycles. The second-order valence-electron chi connectivity index (χ2n) is 6.69. The molecule has 4 aromatic rings. The Balaban J connectivity index is 1.64. The number of hydrogen-bond acceptors (Lipinski definition) is 6. The summed E-state index contributed by atoms with van der Waals surface area (Å²) in [6.45, 7) is 3.96. The first kappa shape index (κ1) is 19.1. The highest BCUT2D eigenvalue weighted by Gasteiger charge is 2.16. The number of fused-ring (bicyclic) bond motifs is 1. The van der Waals surface area contributed by atoms with E-state index in [-0.39, 0.29) is 11.5 Å². The van der Waals surface area contributed by atoms with Crippen molar-refractivity contribution in [1.29, 1.82) is 0 Å². The predicted octanol–water partition coefficient (Wildman–Crippen LogP) is 4.42. The molecule has 0 saturated heterocycles. The SMILES string of the molecule is COc1ccc(C(=O)CSc2nnc(C)c3cnn(-c4ccc(C)cc4)c23)cc1. The van der Waals surface area contributed by atoms with Crippen LogP contribution in [0.3, 0.4) is 0 Å². The number of methoxy groups -OCH3 is 1. The highest BCUT2D eigenvalue weighted by Crippen LogP contribution is 2.29. The van der Waals surface area contributed by atoms with Gasteiger partial charge in [0.1, 0.15) is 16.3 Å². The quantitative estimate of drug-likeness (QED) is 0.350. The van der Waals surface area contributed by atoms with Crippen molar-refractivity contribution in [2.24, 2.45) is 0 Å². The predicted molar refractivity (Wildman–Crippen MR) is 114 cm³/mol. The van der Waals surface area contributed by atoms with Gasteiger partial charge in [-0.05, 0) is 50.2 Å². The zero-order valence-corrected chi connectivity index (χ0v) is 17.2. The number of Topliss-reactive ketones (excluding diaryl/α,β-unsaturated/α-hetero) is 1. The number of aromatic nitrogens is 4. The normalized spacial score (nSPS) is 11.0. The molecule has 0 N–H and O–H groups in total. The molecular weight excluding hydrogens is 384 g/mol. The summed E-state index contributed by atoms with van der Waals surface area (Å²) < 4.78 is 7.00. The number of ketones is 1. The Kier molecular flexibility index (Phi) is 5.31. The largest absolute Gasteiger partial charge is 0.497 e. The molecule has 0 aliphatic rings. The van der Waals surface area contributed by atoms with Crippen LogP contribution >= 0.6 is 11.8 Å². The molecule has 0 unspecified atom stereocenters. The average molecular weight is 404 g/mol. The van der Waals surface area contributed by atoms with Crippen molar-refractivity contribution in [2.45, 2.75) is 18.9 Å². The van der Waals surface area contributed by atoms with Gasteiger partial charge >= 0.3 is 0 Å². The van der Waals surface area contributed by atoms with Crippen LogP contribution in [0.1, 0.15) is 21.6 Å². The summed E-state index contributed by atoms with van der Waals surface area (Å²) in [5.41, 5.74) is 4.45. The fourth-order valence-electron chi connectivity index (χ4n) is 3.01. The molecule has 0 fully saturated rings. The summed E-state index contributed by atoms with van der Waals surface area (Å²) >= 11 is 1.37. The van der Waals surface area contributed by atoms with Gasteiger partial charge in [-0.15, -0.1) is 5.10 Å². The molecule has 0 radical (unpaired) electrons. The number of thioether (sulfide) groups is 1. The molecule has 0 aliphatic carbocycles. The third kappa shape index (κ3) is 3.86. The van der Waals surface area contributed by atoms with Gasteiger partial charge in [0.2, 0.25) is 0 Å². The molecule has 146 valence electrons. The van der Waals surface area contributed by atoms with Crippen LogP contribution in [0.5, 0.6) is 5.75 Å². The standard InChI is InChI=1S/C22H20N4O2S/c1-14-4-8-17(9-5-14)26-21-19(12-23-26)15(2)24-25-22(21)29-13-20(27)16-6-10-18(28-3)11-7-16/h4-12H,13H2,1-3H3. The van der Waals surface area contributed by atoms with E-state index in [9.17, 15) is 4.79 Å². The maximum atomic E-state index is 12.6. The molecule has 0 bridgehead atoms. The lowest BCUT2D eigenvalue weighted by molar-refractivity contribution is 0.102. The summed E-state index contributed by atoms with van der Waals surface area (Å²) in [6, 6.07) is 15.3. The summed E-state index contributed by atoms with van der Waals surface area (Å²) in [6.07, 6.45) is 1.80. The van der Waals surface area contributed by atoms with Crippen molar-refractivity contribution in [3.63, 3.8) is 0 Å². The second-order valence-corrected chi connectivity index (χ2v) is 7.65. The smallest absolute Gasteiger partial charge is 0.173 e. The van der Waals surface area contributed by atoms with Crippen LogP contribution in [-0.4, -0.2) is 38.6 Å². The van der Waals surface area contributed by atoms with E-state index in [4.69, 9.17) is 4.74 Å². The van der Waals surface area contributed by atoms with E-state index in [1.807, 2.05) is 42.8 Å². The second kappa shape index (κ2) is 8.05. The van der Waals surface area contributed by atoms with Crippen molar-refractivity contribution >= 4 is 28.4 Å². The molecule has 0 atom stereocenters. The zero-order valence-electron chi connectivity index (χ0n) is 16.4. The number of benzene rings is 2. The number of nitrogens with zero attached hydrogens (tertiary/aromatic N) is 4. The van der Waals surface area contributed by atoms with Crippen LogP contribution in [0.25, 0.3) is 16.6 Å². The minimum absolute atomic E-state index is 0.0228. The molecule has 0 aliphatic heterocycles. The molecule has 4 rings (SSSR count). The monoisotopic (exact) mass is 404 g/mol. The fourth-order valence-corrected chi connectivity index (χ4v) is 3.88. The van der Waals surface area contributed by atoms with Crippen LogP contribution in [0.4, 0.5) is 0 Å². The average Bonchev–Trinajstić information content (AvgIpc) is 3.20. The molecule has 0 spiro atoms. The van der Waals surface area contributed by atoms with Crippen LogP contribution < -0.4 is 4.74 Å². The molecule has 2 heterocycles. The van der Waals surface area contributed by atoms with Gasteiger partial charge in [-0.2, -0.15) is 10.2 Å². The van der Waals surface area contributed by atoms with E-state index < -0.39 is 0 Å². The van der Waals surface area contributed by atoms with Crippen molar-refractivity contribution in [1.82, 2.24) is 20.0 Å². The van der Waals surface area contributed by atoms with Gasteiger partial charge in [-0.3, -0.25) is 4.79 Å². The Bertz CT molecular complexity index is 1170. The lowest BCUT2D eigenvalue weighted by atomic mass is 10.1. The highest BCUT2D eigenvalue weighted by molar-refractivity contribution is 8.00. The Morgan fingerprint density at radius 2 is 1.76 bits per heavy atom. The van der Waals surface area contributed by atoms with E-state index in [0.29, 0.717) is 10.6 Å². The van der Waals surface area contributed by atoms with Gasteiger partial charge in [0.05, 0.1) is 30.4 Å². The van der Waals surface area contributed by atoms with E-state index in [1.165, 1.54) is 17.3 Å².